The van der Waals surface area contributed by atoms with Gasteiger partial charge in [0.1, 0.15) is 35.1 Å². The minimum atomic E-state index is -4.53. The van der Waals surface area contributed by atoms with E-state index in [1.165, 1.54) is 32.9 Å². The number of carbonyl (C=O) groups is 5. The third-order valence-corrected chi connectivity index (χ3v) is 10.6. The number of hydrogen-bond donors (Lipinski definition) is 3. The summed E-state index contributed by atoms with van der Waals surface area (Å²) in [5.74, 6) is -6.90. The molecule has 5 atom stereocenters. The number of carbonyl (C=O) groups excluding carboxylic acids is 5. The molecule has 14 nitrogen and oxygen atoms in total. The molecule has 0 radical (unpaired) electrons. The van der Waals surface area contributed by atoms with E-state index in [-0.39, 0.29) is 31.5 Å². The van der Waals surface area contributed by atoms with Crippen LogP contribution in [0.1, 0.15) is 106 Å². The van der Waals surface area contributed by atoms with E-state index < -0.39 is 144 Å². The molecule has 3 aliphatic heterocycles. The summed E-state index contributed by atoms with van der Waals surface area (Å²) in [6.07, 6.45) is -26.5. The van der Waals surface area contributed by atoms with Crippen LogP contribution in [0.5, 0.6) is 0 Å². The first kappa shape index (κ1) is 24.1. The van der Waals surface area contributed by atoms with E-state index in [0.717, 1.165) is 4.90 Å². The van der Waals surface area contributed by atoms with Crippen LogP contribution in [0, 0.1) is 11.7 Å². The Kier molecular flexibility index (Phi) is 6.65. The summed E-state index contributed by atoms with van der Waals surface area (Å²) in [7, 11) is -4.36. The van der Waals surface area contributed by atoms with Crippen LogP contribution in [0.2, 0.25) is 0 Å². The zero-order valence-corrected chi connectivity index (χ0v) is 28.7. The second-order valence-electron chi connectivity index (χ2n) is 13.8. The first-order chi connectivity index (χ1) is 28.6. The number of benzene rings is 1. The molecule has 3 N–H and O–H groups in total. The molecule has 0 unspecified atom stereocenters. The van der Waals surface area contributed by atoms with Crippen molar-refractivity contribution in [3.8, 4) is 0 Å². The number of nitrogens with zero attached hydrogens (tertiary/aromatic N) is 2. The lowest BCUT2D eigenvalue weighted by Gasteiger charge is -2.30. The summed E-state index contributed by atoms with van der Waals surface area (Å²) < 4.78 is 158. The third kappa shape index (κ3) is 8.31. The SMILES string of the molecule is [2H]/C1=C\[C@@H]2C[C@]2(C(=O)NS(=O)(=O)C2CC2)NC(=O)[C@@H]2C[C@@H](OC(=O)N3Cc4cccc(F)c4C3)CN2C(=O)[C@@]([2H])(NC(=O)OC(C)(C)C)C([2H])([2H])C([2H])([2H])C([2H])([2H])C([2H])([2H])C1([2H])[2H]. The highest BCUT2D eigenvalue weighted by Gasteiger charge is 2.62. The van der Waals surface area contributed by atoms with Gasteiger partial charge in [-0.15, -0.1) is 0 Å². The monoisotopic (exact) mass is 743 g/mol. The number of halogens is 1. The normalized spacial score (nSPS) is 39.4. The highest BCUT2D eigenvalue weighted by molar-refractivity contribution is 7.91. The summed E-state index contributed by atoms with van der Waals surface area (Å²) in [6, 6.07) is -3.50. The summed E-state index contributed by atoms with van der Waals surface area (Å²) in [5, 5.41) is 2.95. The summed E-state index contributed by atoms with van der Waals surface area (Å²) >= 11 is 0. The first-order valence-electron chi connectivity index (χ1n) is 22.2. The Hall–Kier alpha value is -4.21. The van der Waals surface area contributed by atoms with Crippen molar-refractivity contribution >= 4 is 39.9 Å². The summed E-state index contributed by atoms with van der Waals surface area (Å²) in [4.78, 5) is 71.6. The Labute approximate surface area is 313 Å². The number of fused-ring (bicyclic) bond motifs is 3. The zero-order chi connectivity index (χ0) is 47.5. The van der Waals surface area contributed by atoms with Gasteiger partial charge in [0.05, 0.1) is 21.1 Å². The number of hydrogen-bond acceptors (Lipinski definition) is 9. The molecule has 1 saturated heterocycles. The Morgan fingerprint density at radius 3 is 2.63 bits per heavy atom. The van der Waals surface area contributed by atoms with Crippen LogP contribution in [0.25, 0.3) is 0 Å². The van der Waals surface area contributed by atoms with E-state index in [9.17, 15) is 38.2 Å². The maximum Gasteiger partial charge on any atom is 0.410 e. The van der Waals surface area contributed by atoms with Crippen molar-refractivity contribution in [2.75, 3.05) is 6.54 Å². The summed E-state index contributed by atoms with van der Waals surface area (Å²) in [5.41, 5.74) is -3.19. The lowest BCUT2D eigenvalue weighted by atomic mass is 10.0. The van der Waals surface area contributed by atoms with Gasteiger partial charge < -0.3 is 25.0 Å². The van der Waals surface area contributed by atoms with Crippen LogP contribution >= 0.6 is 0 Å². The first-order valence-corrected chi connectivity index (χ1v) is 17.7. The smallest absolute Gasteiger partial charge is 0.410 e. The van der Waals surface area contributed by atoms with Gasteiger partial charge in [-0.3, -0.25) is 24.0 Å². The zero-order valence-electron chi connectivity index (χ0n) is 39.9. The van der Waals surface area contributed by atoms with E-state index in [2.05, 4.69) is 5.32 Å². The fourth-order valence-corrected chi connectivity index (χ4v) is 7.40. The second kappa shape index (κ2) is 14.1. The number of nitrogens with one attached hydrogen (secondary N) is 3. The standard InChI is InChI=1S/C35H46FN5O9S/c1-34(2,3)50-32(45)37-27-13-8-6-4-5-7-11-22-17-35(22,31(44)39-51(47,48)24-14-15-24)38-29(42)28-16-23(19-41(28)30(27)43)49-33(46)40-18-21-10-9-12-26(36)25(21)20-40/h7,9-12,22-24,27-28H,4-6,8,13-20H2,1-3H3,(H,37,45)(H,38,42)(H,39,44)/b11-7+/t22-,23-,27+,28+,35+/m1/s1/i4D2,5D2,6D2,7D,8D2,13D2,27D. The predicted molar refractivity (Wildman–Crippen MR) is 180 cm³/mol. The van der Waals surface area contributed by atoms with Gasteiger partial charge in [0, 0.05) is 38.2 Å². The molecule has 0 aromatic heterocycles. The number of rotatable bonds is 5. The van der Waals surface area contributed by atoms with Crippen molar-refractivity contribution in [2.45, 2.75) is 126 Å². The fourth-order valence-electron chi connectivity index (χ4n) is 6.04. The maximum absolute atomic E-state index is 14.9. The molecule has 2 aliphatic carbocycles. The van der Waals surface area contributed by atoms with Gasteiger partial charge in [0.15, 0.2) is 0 Å². The van der Waals surface area contributed by atoms with Crippen molar-refractivity contribution in [3.63, 3.8) is 0 Å². The number of ether oxygens (including phenoxy) is 2. The van der Waals surface area contributed by atoms with Gasteiger partial charge >= 0.3 is 12.2 Å². The molecule has 16 heteroatoms. The lowest BCUT2D eigenvalue weighted by molar-refractivity contribution is -0.141. The van der Waals surface area contributed by atoms with Crippen LogP contribution in [0.15, 0.2) is 30.3 Å². The number of alkyl carbamates (subject to hydrolysis) is 1. The lowest BCUT2D eigenvalue weighted by Crippen LogP contribution is -2.58. The Morgan fingerprint density at radius 1 is 1.16 bits per heavy atom. The number of sulfonamides is 1. The summed E-state index contributed by atoms with van der Waals surface area (Å²) in [6.45, 7) is 2.63. The molecule has 2 saturated carbocycles. The van der Waals surface area contributed by atoms with Gasteiger partial charge in [0.25, 0.3) is 5.91 Å². The Balaban J connectivity index is 1.49. The van der Waals surface area contributed by atoms with E-state index in [1.807, 2.05) is 4.72 Å². The van der Waals surface area contributed by atoms with Crippen LogP contribution in [-0.4, -0.2) is 89.2 Å². The molecule has 5 amide bonds. The predicted octanol–water partition coefficient (Wildman–Crippen LogP) is 3.14. The van der Waals surface area contributed by atoms with E-state index >= 15 is 0 Å². The molecule has 0 spiro atoms. The van der Waals surface area contributed by atoms with Gasteiger partial charge in [-0.2, -0.15) is 0 Å². The number of allylic oxidation sites excluding steroid dienone is 1. The molecule has 51 heavy (non-hydrogen) atoms. The molecule has 3 heterocycles. The highest BCUT2D eigenvalue weighted by Crippen LogP contribution is 2.46. The minimum absolute atomic E-state index is 0.127. The Bertz CT molecular complexity index is 2280. The quantitative estimate of drug-likeness (QED) is 0.382. The molecule has 1 aromatic rings. The van der Waals surface area contributed by atoms with Crippen LogP contribution in [0.4, 0.5) is 14.0 Å². The van der Waals surface area contributed by atoms with E-state index in [4.69, 9.17) is 24.6 Å². The van der Waals surface area contributed by atoms with Crippen molar-refractivity contribution in [1.82, 2.24) is 25.2 Å². The molecular formula is C35H46FN5O9S. The average molecular weight is 744 g/mol. The van der Waals surface area contributed by atoms with Gasteiger partial charge in [-0.1, -0.05) is 37.0 Å². The molecule has 6 rings (SSSR count). The van der Waals surface area contributed by atoms with Crippen LogP contribution in [-0.2, 0) is 47.0 Å². The molecular weight excluding hydrogens is 685 g/mol. The average Bonchev–Trinajstić information content (AvgIpc) is 4.03. The van der Waals surface area contributed by atoms with Crippen LogP contribution in [0.3, 0.4) is 0 Å². The van der Waals surface area contributed by atoms with E-state index in [1.54, 1.807) is 11.4 Å². The van der Waals surface area contributed by atoms with Gasteiger partial charge in [-0.25, -0.2) is 22.4 Å². The molecule has 278 valence electrons. The second-order valence-corrected chi connectivity index (χ2v) is 15.8. The minimum Gasteiger partial charge on any atom is -0.444 e. The van der Waals surface area contributed by atoms with Crippen molar-refractivity contribution in [1.29, 1.82) is 0 Å². The Morgan fingerprint density at radius 2 is 1.92 bits per heavy atom. The molecule has 3 fully saturated rings. The fraction of sp³-hybridized carbons (Fsp3) is 0.629. The maximum atomic E-state index is 14.9. The largest absolute Gasteiger partial charge is 0.444 e. The molecule has 5 aliphatic rings. The van der Waals surface area contributed by atoms with Crippen molar-refractivity contribution in [3.05, 3.63) is 47.3 Å². The highest BCUT2D eigenvalue weighted by atomic mass is 32.2. The molecule has 1 aromatic carbocycles. The van der Waals surface area contributed by atoms with Gasteiger partial charge in [-0.05, 0) is 70.8 Å². The topological polar surface area (TPSA) is 181 Å². The van der Waals surface area contributed by atoms with E-state index in [0.29, 0.717) is 16.5 Å². The van der Waals surface area contributed by atoms with Crippen molar-refractivity contribution < 1.29 is 62.7 Å². The molecule has 0 bridgehead atoms. The van der Waals surface area contributed by atoms with Crippen LogP contribution < -0.4 is 15.4 Å². The van der Waals surface area contributed by atoms with Gasteiger partial charge in [0.2, 0.25) is 21.8 Å². The third-order valence-electron chi connectivity index (χ3n) is 8.81. The number of amides is 5. The van der Waals surface area contributed by atoms with Crippen molar-refractivity contribution in [2.24, 2.45) is 5.92 Å².